The van der Waals surface area contributed by atoms with Crippen molar-refractivity contribution in [3.05, 3.63) is 77.9 Å². The van der Waals surface area contributed by atoms with Crippen LogP contribution in [0.5, 0.6) is 0 Å². The number of hydrogen-bond acceptors (Lipinski definition) is 4. The molecule has 1 N–H and O–H groups in total. The Morgan fingerprint density at radius 3 is 2.85 bits per heavy atom. The van der Waals surface area contributed by atoms with Gasteiger partial charge in [-0.05, 0) is 60.9 Å². The fourth-order valence-corrected chi connectivity index (χ4v) is 4.66. The van der Waals surface area contributed by atoms with E-state index < -0.39 is 0 Å². The van der Waals surface area contributed by atoms with Crippen molar-refractivity contribution in [1.29, 1.82) is 0 Å². The summed E-state index contributed by atoms with van der Waals surface area (Å²) in [6, 6.07) is 14.7. The molecule has 0 spiro atoms. The number of anilines is 2. The first kappa shape index (κ1) is 21.6. The molecule has 9 heteroatoms. The van der Waals surface area contributed by atoms with Crippen LogP contribution in [0.15, 0.2) is 60.9 Å². The zero-order valence-corrected chi connectivity index (χ0v) is 19.5. The highest BCUT2D eigenvalue weighted by Gasteiger charge is 2.29. The molecule has 6 nitrogen and oxygen atoms in total. The van der Waals surface area contributed by atoms with Crippen molar-refractivity contribution in [2.75, 3.05) is 16.8 Å². The summed E-state index contributed by atoms with van der Waals surface area (Å²) in [6.45, 7) is 2.80. The number of hydrogen-bond donors (Lipinski definition) is 1. The molecule has 5 rings (SSSR count). The van der Waals surface area contributed by atoms with Crippen LogP contribution in [0.1, 0.15) is 30.0 Å². The monoisotopic (exact) mass is 459 g/mol. The Balaban J connectivity index is 1.40. The lowest BCUT2D eigenvalue weighted by molar-refractivity contribution is 0.268. The fourth-order valence-electron chi connectivity index (χ4n) is 4.39. The zero-order chi connectivity index (χ0) is 22.9. The van der Waals surface area contributed by atoms with Gasteiger partial charge in [-0.2, -0.15) is 5.10 Å². The molecular formula is C24H24BFN5OP. The van der Waals surface area contributed by atoms with Crippen LogP contribution in [0, 0.1) is 12.7 Å². The Morgan fingerprint density at radius 1 is 1.21 bits per heavy atom. The van der Waals surface area contributed by atoms with E-state index in [4.69, 9.17) is 4.98 Å². The highest BCUT2D eigenvalue weighted by atomic mass is 31.0. The van der Waals surface area contributed by atoms with Crippen LogP contribution < -0.4 is 21.0 Å². The first-order chi connectivity index (χ1) is 16.0. The molecule has 2 aromatic carbocycles. The molecule has 0 radical (unpaired) electrons. The highest BCUT2D eigenvalue weighted by molar-refractivity contribution is 7.27. The average Bonchev–Trinajstić information content (AvgIpc) is 3.44. The summed E-state index contributed by atoms with van der Waals surface area (Å²) in [6.07, 6.45) is 5.35. The Hall–Kier alpha value is -3.25. The minimum atomic E-state index is -0.197. The van der Waals surface area contributed by atoms with Gasteiger partial charge in [0, 0.05) is 30.2 Å². The zero-order valence-electron chi connectivity index (χ0n) is 18.3. The van der Waals surface area contributed by atoms with Gasteiger partial charge in [-0.3, -0.25) is 4.79 Å². The average molecular weight is 459 g/mol. The maximum Gasteiger partial charge on any atom is 0.274 e. The van der Waals surface area contributed by atoms with E-state index in [1.807, 2.05) is 49.5 Å². The van der Waals surface area contributed by atoms with Gasteiger partial charge in [0.05, 0.1) is 6.04 Å². The SMILES string of the molecule is Cc1ccc(NC(=O)Bc2cnn3ccc(N4CCCC4c4cc(P)ccc4F)nc23)cc1. The van der Waals surface area contributed by atoms with Gasteiger partial charge in [-0.25, -0.2) is 13.9 Å². The molecule has 1 amide bonds. The van der Waals surface area contributed by atoms with Crippen LogP contribution in [0.2, 0.25) is 0 Å². The predicted octanol–water partition coefficient (Wildman–Crippen LogP) is 3.31. The maximum absolute atomic E-state index is 14.6. The molecule has 2 atom stereocenters. The summed E-state index contributed by atoms with van der Waals surface area (Å²) >= 11 is 0. The van der Waals surface area contributed by atoms with Gasteiger partial charge in [0.1, 0.15) is 11.6 Å². The van der Waals surface area contributed by atoms with Crippen LogP contribution in [0.4, 0.5) is 20.7 Å². The van der Waals surface area contributed by atoms with Crippen LogP contribution in [0.25, 0.3) is 5.65 Å². The highest BCUT2D eigenvalue weighted by Crippen LogP contribution is 2.36. The summed E-state index contributed by atoms with van der Waals surface area (Å²) in [5.74, 6) is 0.440. The van der Waals surface area contributed by atoms with Crippen molar-refractivity contribution in [3.8, 4) is 0 Å². The van der Waals surface area contributed by atoms with Gasteiger partial charge >= 0.3 is 0 Å². The number of aryl methyl sites for hydroxylation is 1. The third-order valence-electron chi connectivity index (χ3n) is 6.04. The van der Waals surface area contributed by atoms with E-state index in [-0.39, 0.29) is 24.9 Å². The van der Waals surface area contributed by atoms with Crippen molar-refractivity contribution >= 4 is 50.2 Å². The van der Waals surface area contributed by atoms with E-state index in [1.54, 1.807) is 16.8 Å². The van der Waals surface area contributed by atoms with Gasteiger partial charge < -0.3 is 10.2 Å². The van der Waals surface area contributed by atoms with Crippen molar-refractivity contribution in [1.82, 2.24) is 14.6 Å². The van der Waals surface area contributed by atoms with Gasteiger partial charge in [0.15, 0.2) is 11.5 Å². The molecular weight excluding hydrogens is 435 g/mol. The second-order valence-corrected chi connectivity index (χ2v) is 9.11. The normalized spacial score (nSPS) is 15.7. The molecule has 1 aliphatic heterocycles. The van der Waals surface area contributed by atoms with E-state index in [0.717, 1.165) is 47.2 Å². The lowest BCUT2D eigenvalue weighted by Crippen LogP contribution is -2.29. The number of nitrogens with one attached hydrogen (secondary N) is 1. The third kappa shape index (κ3) is 4.48. The molecule has 1 saturated heterocycles. The first-order valence-corrected chi connectivity index (χ1v) is 11.6. The number of aromatic nitrogens is 3. The van der Waals surface area contributed by atoms with E-state index in [1.165, 1.54) is 6.07 Å². The Labute approximate surface area is 194 Å². The van der Waals surface area contributed by atoms with Crippen molar-refractivity contribution < 1.29 is 9.18 Å². The van der Waals surface area contributed by atoms with E-state index >= 15 is 0 Å². The van der Waals surface area contributed by atoms with Gasteiger partial charge in [-0.1, -0.05) is 23.8 Å². The summed E-state index contributed by atoms with van der Waals surface area (Å²) in [5.41, 5.74) is 3.96. The third-order valence-corrected chi connectivity index (χ3v) is 6.40. The number of benzene rings is 2. The minimum Gasteiger partial charge on any atom is -0.349 e. The second kappa shape index (κ2) is 8.95. The number of rotatable bonds is 5. The minimum absolute atomic E-state index is 0.0725. The molecule has 3 heterocycles. The number of carbonyl (C=O) groups excluding carboxylic acids is 1. The van der Waals surface area contributed by atoms with Crippen LogP contribution in [-0.4, -0.2) is 34.2 Å². The largest absolute Gasteiger partial charge is 0.349 e. The molecule has 1 aliphatic rings. The Bertz CT molecular complexity index is 1330. The number of amides is 1. The Morgan fingerprint density at radius 2 is 2.03 bits per heavy atom. The number of halogens is 1. The van der Waals surface area contributed by atoms with Gasteiger partial charge in [-0.15, -0.1) is 9.24 Å². The first-order valence-electron chi connectivity index (χ1n) is 11.0. The van der Waals surface area contributed by atoms with Crippen molar-refractivity contribution in [3.63, 3.8) is 0 Å². The van der Waals surface area contributed by atoms with Crippen molar-refractivity contribution in [2.45, 2.75) is 25.8 Å². The van der Waals surface area contributed by atoms with E-state index in [2.05, 4.69) is 24.6 Å². The van der Waals surface area contributed by atoms with Crippen molar-refractivity contribution in [2.24, 2.45) is 0 Å². The molecule has 1 fully saturated rings. The summed E-state index contributed by atoms with van der Waals surface area (Å²) in [4.78, 5) is 19.6. The quantitative estimate of drug-likeness (QED) is 0.368. The molecule has 4 aromatic rings. The standard InChI is InChI=1S/C24H24BFN5OP/c1-15-4-6-16(7-5-15)28-24(32)25-19-14-27-31-12-10-22(29-23(19)31)30-11-2-3-21(30)18-13-17(33)8-9-20(18)26/h4-10,12-14,21,25H,2-3,11,33H2,1H3,(H,28,32). The van der Waals surface area contributed by atoms with E-state index in [0.29, 0.717) is 11.2 Å². The van der Waals surface area contributed by atoms with Crippen LogP contribution in [-0.2, 0) is 0 Å². The molecule has 2 unspecified atom stereocenters. The topological polar surface area (TPSA) is 62.5 Å². The molecule has 166 valence electrons. The fraction of sp³-hybridized carbons (Fsp3) is 0.208. The molecule has 0 bridgehead atoms. The molecule has 2 aromatic heterocycles. The number of fused-ring (bicyclic) bond motifs is 1. The summed E-state index contributed by atoms with van der Waals surface area (Å²) < 4.78 is 16.3. The van der Waals surface area contributed by atoms with Crippen LogP contribution >= 0.6 is 9.24 Å². The van der Waals surface area contributed by atoms with Crippen LogP contribution in [0.3, 0.4) is 0 Å². The van der Waals surface area contributed by atoms with Gasteiger partial charge in [0.25, 0.3) is 7.28 Å². The lowest BCUT2D eigenvalue weighted by atomic mass is 9.70. The molecule has 0 saturated carbocycles. The lowest BCUT2D eigenvalue weighted by Gasteiger charge is -2.26. The summed E-state index contributed by atoms with van der Waals surface area (Å²) in [5, 5.41) is 8.24. The summed E-state index contributed by atoms with van der Waals surface area (Å²) in [7, 11) is 2.80. The number of carbonyl (C=O) groups is 1. The second-order valence-electron chi connectivity index (χ2n) is 8.45. The Kier molecular flexibility index (Phi) is 5.85. The number of nitrogens with zero attached hydrogens (tertiary/aromatic N) is 4. The van der Waals surface area contributed by atoms with E-state index in [9.17, 15) is 9.18 Å². The smallest absolute Gasteiger partial charge is 0.274 e. The maximum atomic E-state index is 14.6. The predicted molar refractivity (Wildman–Crippen MR) is 135 cm³/mol. The molecule has 0 aliphatic carbocycles. The molecule has 33 heavy (non-hydrogen) atoms. The van der Waals surface area contributed by atoms with Gasteiger partial charge in [0.2, 0.25) is 0 Å².